The van der Waals surface area contributed by atoms with Crippen molar-refractivity contribution in [3.63, 3.8) is 0 Å². The number of amides is 1. The van der Waals surface area contributed by atoms with Crippen LogP contribution in [0.5, 0.6) is 0 Å². The van der Waals surface area contributed by atoms with E-state index in [0.29, 0.717) is 30.1 Å². The maximum absolute atomic E-state index is 14.7. The minimum Gasteiger partial charge on any atom is -0.626 e. The van der Waals surface area contributed by atoms with Crippen molar-refractivity contribution in [1.29, 1.82) is 0 Å². The summed E-state index contributed by atoms with van der Waals surface area (Å²) in [6, 6.07) is 9.40. The highest BCUT2D eigenvalue weighted by Crippen LogP contribution is 2.47. The molecule has 1 atom stereocenters. The molecule has 16 heteroatoms. The summed E-state index contributed by atoms with van der Waals surface area (Å²) in [6.45, 7) is -0.729. The zero-order valence-corrected chi connectivity index (χ0v) is 23.2. The van der Waals surface area contributed by atoms with E-state index in [-0.39, 0.29) is 56.1 Å². The molecular weight excluding hydrogens is 631 g/mol. The second-order valence-corrected chi connectivity index (χ2v) is 11.2. The molecule has 2 aliphatic heterocycles. The van der Waals surface area contributed by atoms with Crippen molar-refractivity contribution >= 4 is 29.0 Å². The fourth-order valence-corrected chi connectivity index (χ4v) is 6.09. The summed E-state index contributed by atoms with van der Waals surface area (Å²) >= 11 is 6.18. The molecule has 0 radical (unpaired) electrons. The van der Waals surface area contributed by atoms with Gasteiger partial charge < -0.3 is 19.7 Å². The second kappa shape index (κ2) is 10.8. The average Bonchev–Trinajstić information content (AvgIpc) is 3.23. The summed E-state index contributed by atoms with van der Waals surface area (Å²) in [7, 11) is 0. The molecule has 2 fully saturated rings. The maximum Gasteiger partial charge on any atom is 0.417 e. The minimum absolute atomic E-state index is 0.0308. The van der Waals surface area contributed by atoms with Gasteiger partial charge in [-0.3, -0.25) is 4.79 Å². The third-order valence-corrected chi connectivity index (χ3v) is 8.34. The van der Waals surface area contributed by atoms with Crippen LogP contribution in [0.1, 0.15) is 39.9 Å². The third-order valence-electron chi connectivity index (χ3n) is 8.06. The number of para-hydroxylation sites is 1. The number of benzene rings is 2. The number of hydroxylamine groups is 2. The van der Waals surface area contributed by atoms with E-state index in [2.05, 4.69) is 4.98 Å². The highest BCUT2D eigenvalue weighted by atomic mass is 35.5. The Bertz CT molecular complexity index is 1520. The number of halogens is 10. The van der Waals surface area contributed by atoms with Crippen LogP contribution >= 0.6 is 11.6 Å². The fourth-order valence-electron chi connectivity index (χ4n) is 5.80. The van der Waals surface area contributed by atoms with Crippen LogP contribution in [0.15, 0.2) is 60.8 Å². The van der Waals surface area contributed by atoms with Gasteiger partial charge in [0.05, 0.1) is 28.3 Å². The topological polar surface area (TPSA) is 59.5 Å². The number of pyridine rings is 1. The highest BCUT2D eigenvalue weighted by molar-refractivity contribution is 6.33. The summed E-state index contributed by atoms with van der Waals surface area (Å²) in [4.78, 5) is 19.6. The lowest BCUT2D eigenvalue weighted by Crippen LogP contribution is -2.63. The van der Waals surface area contributed by atoms with Gasteiger partial charge >= 0.3 is 18.5 Å². The Balaban J connectivity index is 1.45. The molecule has 0 saturated carbocycles. The van der Waals surface area contributed by atoms with Crippen molar-refractivity contribution in [1.82, 2.24) is 14.5 Å². The van der Waals surface area contributed by atoms with Gasteiger partial charge in [-0.05, 0) is 36.4 Å². The number of piperidine rings is 1. The Labute approximate surface area is 249 Å². The smallest absolute Gasteiger partial charge is 0.417 e. The van der Waals surface area contributed by atoms with E-state index >= 15 is 0 Å². The Morgan fingerprint density at radius 1 is 0.841 bits per heavy atom. The lowest BCUT2D eigenvalue weighted by atomic mass is 9.85. The number of aromatic nitrogens is 1. The van der Waals surface area contributed by atoms with Gasteiger partial charge in [0.1, 0.15) is 11.2 Å². The fraction of sp³-hybridized carbons (Fsp3) is 0.357. The van der Waals surface area contributed by atoms with Gasteiger partial charge in [-0.2, -0.15) is 39.5 Å². The van der Waals surface area contributed by atoms with Crippen molar-refractivity contribution in [3.05, 3.63) is 93.3 Å². The number of alkyl halides is 9. The first-order chi connectivity index (χ1) is 20.3. The van der Waals surface area contributed by atoms with Gasteiger partial charge in [-0.25, -0.2) is 4.98 Å². The first-order valence-corrected chi connectivity index (χ1v) is 13.4. The van der Waals surface area contributed by atoms with E-state index in [9.17, 15) is 49.5 Å². The Morgan fingerprint density at radius 3 is 1.89 bits per heavy atom. The molecule has 2 saturated heterocycles. The Morgan fingerprint density at radius 2 is 1.39 bits per heavy atom. The summed E-state index contributed by atoms with van der Waals surface area (Å²) in [6.07, 6.45) is -14.5. The van der Waals surface area contributed by atoms with Crippen LogP contribution < -0.4 is 9.55 Å². The number of carbonyl (C=O) groups is 1. The number of hydrogen-bond donors (Lipinski definition) is 0. The molecular formula is C28H22ClF9N4O2. The van der Waals surface area contributed by atoms with Crippen LogP contribution in [0, 0.1) is 5.21 Å². The third kappa shape index (κ3) is 5.79. The highest BCUT2D eigenvalue weighted by Gasteiger charge is 2.56. The average molecular weight is 653 g/mol. The molecule has 1 spiro atoms. The molecule has 2 aliphatic rings. The summed E-state index contributed by atoms with van der Waals surface area (Å²) in [5, 5.41) is 14.3. The Kier molecular flexibility index (Phi) is 7.82. The molecule has 6 nitrogen and oxygen atoms in total. The van der Waals surface area contributed by atoms with Gasteiger partial charge in [0.25, 0.3) is 5.91 Å². The van der Waals surface area contributed by atoms with E-state index in [1.54, 1.807) is 30.3 Å². The number of hydrogen-bond acceptors (Lipinski definition) is 4. The maximum atomic E-state index is 14.7. The van der Waals surface area contributed by atoms with Gasteiger partial charge in [-0.1, -0.05) is 29.8 Å². The SMILES string of the molecule is O=C(c1cc(C(F)(F)F)cc(C(F)(F)F)c1)N1CCC2(CC1)CN(c1ncc(C(F)(F)F)cc1Cl)C[N+]2([O-])c1ccccc1. The molecule has 2 aromatic carbocycles. The predicted molar refractivity (Wildman–Crippen MR) is 142 cm³/mol. The van der Waals surface area contributed by atoms with Crippen LogP contribution in [0.3, 0.4) is 0 Å². The van der Waals surface area contributed by atoms with Gasteiger partial charge in [-0.15, -0.1) is 0 Å². The molecule has 0 bridgehead atoms. The van der Waals surface area contributed by atoms with Gasteiger partial charge in [0.15, 0.2) is 12.5 Å². The van der Waals surface area contributed by atoms with Gasteiger partial charge in [0, 0.05) is 37.7 Å². The minimum atomic E-state index is -5.14. The van der Waals surface area contributed by atoms with Crippen molar-refractivity contribution in [2.45, 2.75) is 36.9 Å². The molecule has 0 aliphatic carbocycles. The zero-order valence-electron chi connectivity index (χ0n) is 22.4. The molecule has 1 unspecified atom stereocenters. The molecule has 44 heavy (non-hydrogen) atoms. The zero-order chi connectivity index (χ0) is 32.3. The van der Waals surface area contributed by atoms with Crippen LogP contribution in [-0.2, 0) is 18.5 Å². The molecule has 3 heterocycles. The molecule has 1 aromatic heterocycles. The van der Waals surface area contributed by atoms with E-state index in [1.807, 2.05) is 0 Å². The number of rotatable bonds is 3. The number of anilines is 1. The van der Waals surface area contributed by atoms with E-state index < -0.39 is 56.9 Å². The normalized spacial score (nSPS) is 20.8. The van der Waals surface area contributed by atoms with Crippen LogP contribution in [0.25, 0.3) is 0 Å². The molecule has 236 valence electrons. The van der Waals surface area contributed by atoms with Crippen LogP contribution in [0.2, 0.25) is 5.02 Å². The predicted octanol–water partition coefficient (Wildman–Crippen LogP) is 7.75. The lowest BCUT2D eigenvalue weighted by molar-refractivity contribution is -0.143. The van der Waals surface area contributed by atoms with E-state index in [0.717, 1.165) is 4.90 Å². The molecule has 3 aromatic rings. The summed E-state index contributed by atoms with van der Waals surface area (Å²) in [5.41, 5.74) is -6.06. The van der Waals surface area contributed by atoms with Crippen LogP contribution in [-0.4, -0.2) is 47.6 Å². The number of nitrogens with zero attached hydrogens (tertiary/aromatic N) is 4. The first kappa shape index (κ1) is 31.9. The number of quaternary nitrogens is 1. The van der Waals surface area contributed by atoms with Gasteiger partial charge in [0.2, 0.25) is 0 Å². The monoisotopic (exact) mass is 652 g/mol. The standard InChI is InChI=1S/C28H22ClF9N4O2/c29-22-13-20(28(36,37)38)14-39-23(22)41-15-25(42(44,16-41)21-4-2-1-3-5-21)6-8-40(9-7-25)24(43)17-10-18(26(30,31)32)12-19(11-17)27(33,34)35/h1-5,10-14H,6-9,15-16H2. The molecule has 1 amide bonds. The van der Waals surface area contributed by atoms with E-state index in [4.69, 9.17) is 11.6 Å². The number of likely N-dealkylation sites (tertiary alicyclic amines) is 1. The van der Waals surface area contributed by atoms with Crippen molar-refractivity contribution in [3.8, 4) is 0 Å². The first-order valence-electron chi connectivity index (χ1n) is 13.1. The Hall–Kier alpha value is -3.56. The largest absolute Gasteiger partial charge is 0.626 e. The lowest BCUT2D eigenvalue weighted by Gasteiger charge is -2.53. The molecule has 5 rings (SSSR count). The summed E-state index contributed by atoms with van der Waals surface area (Å²) in [5.74, 6) is -1.13. The van der Waals surface area contributed by atoms with Crippen molar-refractivity contribution < 1.29 is 44.3 Å². The van der Waals surface area contributed by atoms with Crippen LogP contribution in [0.4, 0.5) is 51.0 Å². The molecule has 0 N–H and O–H groups in total. The van der Waals surface area contributed by atoms with Crippen molar-refractivity contribution in [2.75, 3.05) is 31.2 Å². The second-order valence-electron chi connectivity index (χ2n) is 10.8. The van der Waals surface area contributed by atoms with Crippen molar-refractivity contribution in [2.24, 2.45) is 0 Å². The number of carbonyl (C=O) groups excluding carboxylic acids is 1. The summed E-state index contributed by atoms with van der Waals surface area (Å²) < 4.78 is 119. The van der Waals surface area contributed by atoms with E-state index in [1.165, 1.54) is 4.90 Å². The quantitative estimate of drug-likeness (QED) is 0.165.